The SMILES string of the molecule is O=C(Cl)c1ccc(F)c2c1SCCC2=O. The fourth-order valence-corrected chi connectivity index (χ4v) is 2.87. The van der Waals surface area contributed by atoms with E-state index in [1.807, 2.05) is 0 Å². The minimum atomic E-state index is -0.659. The summed E-state index contributed by atoms with van der Waals surface area (Å²) in [7, 11) is 0. The lowest BCUT2D eigenvalue weighted by Gasteiger charge is -2.16. The minimum Gasteiger partial charge on any atom is -0.294 e. The van der Waals surface area contributed by atoms with Gasteiger partial charge < -0.3 is 0 Å². The van der Waals surface area contributed by atoms with Crippen LogP contribution in [0, 0.1) is 5.82 Å². The zero-order valence-corrected chi connectivity index (χ0v) is 9.12. The van der Waals surface area contributed by atoms with Crippen molar-refractivity contribution in [2.75, 3.05) is 5.75 Å². The molecule has 2 nitrogen and oxygen atoms in total. The molecule has 0 unspecified atom stereocenters. The highest BCUT2D eigenvalue weighted by Gasteiger charge is 2.26. The molecule has 1 aromatic carbocycles. The van der Waals surface area contributed by atoms with E-state index in [0.29, 0.717) is 17.1 Å². The Morgan fingerprint density at radius 2 is 2.20 bits per heavy atom. The third-order valence-corrected chi connectivity index (χ3v) is 3.50. The predicted octanol–water partition coefficient (Wildman–Crippen LogP) is 2.88. The van der Waals surface area contributed by atoms with E-state index >= 15 is 0 Å². The second-order valence-corrected chi connectivity index (χ2v) is 4.54. The van der Waals surface area contributed by atoms with E-state index in [4.69, 9.17) is 11.6 Å². The number of benzene rings is 1. The normalized spacial score (nSPS) is 14.9. The molecular formula is C10H6ClFO2S. The van der Waals surface area contributed by atoms with Crippen LogP contribution >= 0.6 is 23.4 Å². The summed E-state index contributed by atoms with van der Waals surface area (Å²) in [6, 6.07) is 2.42. The maximum atomic E-state index is 13.4. The lowest BCUT2D eigenvalue weighted by molar-refractivity contribution is 0.0980. The highest BCUT2D eigenvalue weighted by atomic mass is 35.5. The molecule has 5 heteroatoms. The van der Waals surface area contributed by atoms with Crippen LogP contribution in [0.3, 0.4) is 0 Å². The number of hydrogen-bond donors (Lipinski definition) is 0. The quantitative estimate of drug-likeness (QED) is 0.713. The summed E-state index contributed by atoms with van der Waals surface area (Å²) in [4.78, 5) is 22.9. The zero-order valence-electron chi connectivity index (χ0n) is 7.55. The van der Waals surface area contributed by atoms with E-state index in [0.717, 1.165) is 6.07 Å². The van der Waals surface area contributed by atoms with Crippen LogP contribution in [0.15, 0.2) is 17.0 Å². The number of ketones is 1. The largest absolute Gasteiger partial charge is 0.294 e. The van der Waals surface area contributed by atoms with E-state index < -0.39 is 11.1 Å². The molecule has 0 atom stereocenters. The molecule has 0 spiro atoms. The third-order valence-electron chi connectivity index (χ3n) is 2.17. The van der Waals surface area contributed by atoms with Gasteiger partial charge in [0, 0.05) is 22.6 Å². The molecule has 0 amide bonds. The van der Waals surface area contributed by atoms with Gasteiger partial charge in [-0.2, -0.15) is 0 Å². The molecule has 15 heavy (non-hydrogen) atoms. The van der Waals surface area contributed by atoms with Gasteiger partial charge in [0.05, 0.1) is 5.56 Å². The Morgan fingerprint density at radius 3 is 2.87 bits per heavy atom. The van der Waals surface area contributed by atoms with Crippen LogP contribution in [-0.2, 0) is 0 Å². The highest BCUT2D eigenvalue weighted by Crippen LogP contribution is 2.35. The molecule has 0 fully saturated rings. The Labute approximate surface area is 94.8 Å². The van der Waals surface area contributed by atoms with Crippen molar-refractivity contribution >= 4 is 34.4 Å². The Kier molecular flexibility index (Phi) is 2.80. The number of rotatable bonds is 1. The zero-order chi connectivity index (χ0) is 11.0. The molecule has 0 aliphatic carbocycles. The standard InChI is InChI=1S/C10H6ClFO2S/c11-10(14)5-1-2-6(12)8-7(13)3-4-15-9(5)8/h1-2H,3-4H2. The summed E-state index contributed by atoms with van der Waals surface area (Å²) in [6.07, 6.45) is 0.300. The van der Waals surface area contributed by atoms with Crippen LogP contribution < -0.4 is 0 Å². The van der Waals surface area contributed by atoms with Crippen molar-refractivity contribution in [3.8, 4) is 0 Å². The number of halogens is 2. The molecule has 1 aliphatic rings. The van der Waals surface area contributed by atoms with Crippen LogP contribution in [0.2, 0.25) is 0 Å². The summed E-state index contributed by atoms with van der Waals surface area (Å²) in [5, 5.41) is -0.659. The highest BCUT2D eigenvalue weighted by molar-refractivity contribution is 7.99. The first-order chi connectivity index (χ1) is 7.11. The van der Waals surface area contributed by atoms with Gasteiger partial charge in [0.25, 0.3) is 5.24 Å². The van der Waals surface area contributed by atoms with Gasteiger partial charge in [-0.3, -0.25) is 9.59 Å². The Bertz CT molecular complexity index is 459. The van der Waals surface area contributed by atoms with Crippen LogP contribution in [0.4, 0.5) is 4.39 Å². The molecular weight excluding hydrogens is 239 g/mol. The van der Waals surface area contributed by atoms with Crippen LogP contribution in [0.1, 0.15) is 27.1 Å². The first-order valence-electron chi connectivity index (χ1n) is 4.29. The predicted molar refractivity (Wildman–Crippen MR) is 56.3 cm³/mol. The molecule has 0 bridgehead atoms. The van der Waals surface area contributed by atoms with E-state index in [1.165, 1.54) is 17.8 Å². The summed E-state index contributed by atoms with van der Waals surface area (Å²) in [6.45, 7) is 0. The number of carbonyl (C=O) groups excluding carboxylic acids is 2. The summed E-state index contributed by atoms with van der Waals surface area (Å²) >= 11 is 6.65. The molecule has 2 rings (SSSR count). The maximum absolute atomic E-state index is 13.4. The van der Waals surface area contributed by atoms with Crippen LogP contribution in [0.25, 0.3) is 0 Å². The van der Waals surface area contributed by atoms with Crippen LogP contribution in [-0.4, -0.2) is 16.8 Å². The van der Waals surface area contributed by atoms with E-state index in [9.17, 15) is 14.0 Å². The smallest absolute Gasteiger partial charge is 0.253 e. The van der Waals surface area contributed by atoms with Gasteiger partial charge in [-0.1, -0.05) is 0 Å². The van der Waals surface area contributed by atoms with E-state index in [2.05, 4.69) is 0 Å². The molecule has 0 aromatic heterocycles. The van der Waals surface area contributed by atoms with E-state index in [-0.39, 0.29) is 16.9 Å². The van der Waals surface area contributed by atoms with Gasteiger partial charge in [0.2, 0.25) is 0 Å². The Balaban J connectivity index is 2.69. The van der Waals surface area contributed by atoms with E-state index in [1.54, 1.807) is 0 Å². The average molecular weight is 245 g/mol. The molecule has 78 valence electrons. The van der Waals surface area contributed by atoms with Crippen molar-refractivity contribution < 1.29 is 14.0 Å². The van der Waals surface area contributed by atoms with Gasteiger partial charge in [0.15, 0.2) is 5.78 Å². The fraction of sp³-hybridized carbons (Fsp3) is 0.200. The summed E-state index contributed by atoms with van der Waals surface area (Å²) in [5.74, 6) is -0.281. The molecule has 0 N–H and O–H groups in total. The van der Waals surface area contributed by atoms with Crippen molar-refractivity contribution in [1.82, 2.24) is 0 Å². The van der Waals surface area contributed by atoms with Crippen molar-refractivity contribution in [1.29, 1.82) is 0 Å². The second kappa shape index (κ2) is 3.94. The second-order valence-electron chi connectivity index (χ2n) is 3.09. The molecule has 1 aliphatic heterocycles. The maximum Gasteiger partial charge on any atom is 0.253 e. The van der Waals surface area contributed by atoms with Gasteiger partial charge >= 0.3 is 0 Å². The lowest BCUT2D eigenvalue weighted by atomic mass is 10.0. The number of thioether (sulfide) groups is 1. The van der Waals surface area contributed by atoms with Gasteiger partial charge in [-0.05, 0) is 23.7 Å². The molecule has 0 saturated carbocycles. The number of hydrogen-bond acceptors (Lipinski definition) is 3. The third kappa shape index (κ3) is 1.79. The van der Waals surface area contributed by atoms with Gasteiger partial charge in [-0.15, -0.1) is 11.8 Å². The van der Waals surface area contributed by atoms with Crippen molar-refractivity contribution in [3.63, 3.8) is 0 Å². The molecule has 1 heterocycles. The Morgan fingerprint density at radius 1 is 1.47 bits per heavy atom. The van der Waals surface area contributed by atoms with Crippen molar-refractivity contribution in [3.05, 3.63) is 29.1 Å². The monoisotopic (exact) mass is 244 g/mol. The first kappa shape index (κ1) is 10.6. The summed E-state index contributed by atoms with van der Waals surface area (Å²) in [5.41, 5.74) is 0.226. The van der Waals surface area contributed by atoms with Crippen molar-refractivity contribution in [2.45, 2.75) is 11.3 Å². The van der Waals surface area contributed by atoms with Gasteiger partial charge in [0.1, 0.15) is 5.82 Å². The number of fused-ring (bicyclic) bond motifs is 1. The van der Waals surface area contributed by atoms with Crippen LogP contribution in [0.5, 0.6) is 0 Å². The van der Waals surface area contributed by atoms with Gasteiger partial charge in [-0.25, -0.2) is 4.39 Å². The topological polar surface area (TPSA) is 34.1 Å². The Hall–Kier alpha value is -0.870. The first-order valence-corrected chi connectivity index (χ1v) is 5.66. The van der Waals surface area contributed by atoms with Crippen molar-refractivity contribution in [2.24, 2.45) is 0 Å². The number of carbonyl (C=O) groups is 2. The summed E-state index contributed by atoms with van der Waals surface area (Å²) < 4.78 is 13.4. The average Bonchev–Trinajstić information content (AvgIpc) is 2.17. The lowest BCUT2D eigenvalue weighted by Crippen LogP contribution is -2.13. The minimum absolute atomic E-state index is 0.0118. The molecule has 1 aromatic rings. The number of Topliss-reactive ketones (excluding diaryl/α,β-unsaturated/α-hetero) is 1. The molecule has 0 radical (unpaired) electrons. The molecule has 0 saturated heterocycles. The fourth-order valence-electron chi connectivity index (χ4n) is 1.49.